The number of carbonyl (C=O) groups is 1. The fourth-order valence-electron chi connectivity index (χ4n) is 3.65. The van der Waals surface area contributed by atoms with E-state index in [2.05, 4.69) is 10.2 Å². The molecular formula is C21H24N4O2S. The van der Waals surface area contributed by atoms with Crippen LogP contribution in [-0.4, -0.2) is 49.5 Å². The zero-order valence-electron chi connectivity index (χ0n) is 16.0. The number of aromatic nitrogens is 3. The average Bonchev–Trinajstić information content (AvgIpc) is 3.14. The molecule has 4 rings (SSSR count). The molecule has 0 spiro atoms. The van der Waals surface area contributed by atoms with E-state index in [0.717, 1.165) is 36.7 Å². The maximum atomic E-state index is 12.5. The molecule has 1 N–H and O–H groups in total. The number of thioether (sulfide) groups is 1. The first-order valence-electron chi connectivity index (χ1n) is 9.73. The van der Waals surface area contributed by atoms with Crippen molar-refractivity contribution in [1.82, 2.24) is 19.7 Å². The second-order valence-corrected chi connectivity index (χ2v) is 7.94. The van der Waals surface area contributed by atoms with Crippen LogP contribution in [-0.2, 0) is 11.3 Å². The summed E-state index contributed by atoms with van der Waals surface area (Å²) in [7, 11) is 0. The van der Waals surface area contributed by atoms with E-state index in [9.17, 15) is 9.90 Å². The fourth-order valence-corrected chi connectivity index (χ4v) is 4.55. The van der Waals surface area contributed by atoms with Gasteiger partial charge in [0.15, 0.2) is 11.0 Å². The van der Waals surface area contributed by atoms with Gasteiger partial charge in [-0.1, -0.05) is 36.0 Å². The van der Waals surface area contributed by atoms with Crippen molar-refractivity contribution in [2.75, 3.05) is 18.8 Å². The van der Waals surface area contributed by atoms with Gasteiger partial charge >= 0.3 is 0 Å². The third kappa shape index (κ3) is 3.71. The van der Waals surface area contributed by atoms with Gasteiger partial charge in [0.2, 0.25) is 5.91 Å². The summed E-state index contributed by atoms with van der Waals surface area (Å²) in [6.45, 7) is 4.39. The van der Waals surface area contributed by atoms with Gasteiger partial charge in [-0.2, -0.15) is 0 Å². The summed E-state index contributed by atoms with van der Waals surface area (Å²) in [5.74, 6) is 1.33. The SMILES string of the molecule is CCn1c(SCC(=O)N2CCCCC2)nnc1-c1cc2ccccc2cc1O. The van der Waals surface area contributed by atoms with Crippen molar-refractivity contribution in [3.63, 3.8) is 0 Å². The lowest BCUT2D eigenvalue weighted by atomic mass is 10.1. The van der Waals surface area contributed by atoms with Crippen molar-refractivity contribution in [2.24, 2.45) is 0 Å². The van der Waals surface area contributed by atoms with Crippen LogP contribution >= 0.6 is 11.8 Å². The molecule has 2 heterocycles. The van der Waals surface area contributed by atoms with Gasteiger partial charge in [0.1, 0.15) is 5.75 Å². The van der Waals surface area contributed by atoms with Crippen LogP contribution in [0.25, 0.3) is 22.2 Å². The molecule has 2 aromatic carbocycles. The highest BCUT2D eigenvalue weighted by atomic mass is 32.2. The second kappa shape index (κ2) is 8.22. The van der Waals surface area contributed by atoms with Gasteiger partial charge in [0.05, 0.1) is 11.3 Å². The summed E-state index contributed by atoms with van der Waals surface area (Å²) in [6.07, 6.45) is 3.39. The Labute approximate surface area is 168 Å². The molecule has 146 valence electrons. The summed E-state index contributed by atoms with van der Waals surface area (Å²) in [6, 6.07) is 11.6. The van der Waals surface area contributed by atoms with E-state index in [0.29, 0.717) is 28.8 Å². The largest absolute Gasteiger partial charge is 0.507 e. The first-order valence-corrected chi connectivity index (χ1v) is 10.7. The van der Waals surface area contributed by atoms with E-state index in [1.807, 2.05) is 46.7 Å². The smallest absolute Gasteiger partial charge is 0.233 e. The number of carbonyl (C=O) groups excluding carboxylic acids is 1. The zero-order valence-corrected chi connectivity index (χ0v) is 16.8. The van der Waals surface area contributed by atoms with E-state index in [1.54, 1.807) is 6.07 Å². The lowest BCUT2D eigenvalue weighted by Crippen LogP contribution is -2.36. The molecular weight excluding hydrogens is 372 g/mol. The standard InChI is InChI=1S/C21H24N4O2S/c1-2-25-20(17-12-15-8-4-5-9-16(15)13-18(17)26)22-23-21(25)28-14-19(27)24-10-6-3-7-11-24/h4-5,8-9,12-13,26H,2-3,6-7,10-11,14H2,1H3. The molecule has 7 heteroatoms. The normalized spacial score (nSPS) is 14.5. The Hall–Kier alpha value is -2.54. The molecule has 1 amide bonds. The zero-order chi connectivity index (χ0) is 19.5. The Bertz CT molecular complexity index is 995. The molecule has 0 aliphatic carbocycles. The van der Waals surface area contributed by atoms with Crippen LogP contribution in [0.2, 0.25) is 0 Å². The van der Waals surface area contributed by atoms with E-state index >= 15 is 0 Å². The first-order chi connectivity index (χ1) is 13.7. The molecule has 3 aromatic rings. The van der Waals surface area contributed by atoms with Crippen molar-refractivity contribution in [3.05, 3.63) is 36.4 Å². The number of piperidine rings is 1. The summed E-state index contributed by atoms with van der Waals surface area (Å²) < 4.78 is 1.96. The van der Waals surface area contributed by atoms with Gasteiger partial charge in [-0.25, -0.2) is 0 Å². The molecule has 0 atom stereocenters. The number of nitrogens with zero attached hydrogens (tertiary/aromatic N) is 4. The Kier molecular flexibility index (Phi) is 5.52. The third-order valence-corrected chi connectivity index (χ3v) is 6.12. The number of amides is 1. The number of aromatic hydroxyl groups is 1. The Morgan fingerprint density at radius 3 is 2.54 bits per heavy atom. The van der Waals surface area contributed by atoms with Gasteiger partial charge in [0.25, 0.3) is 0 Å². The Morgan fingerprint density at radius 2 is 1.82 bits per heavy atom. The minimum absolute atomic E-state index is 0.158. The fraction of sp³-hybridized carbons (Fsp3) is 0.381. The molecule has 28 heavy (non-hydrogen) atoms. The van der Waals surface area contributed by atoms with Gasteiger partial charge in [-0.15, -0.1) is 10.2 Å². The average molecular weight is 397 g/mol. The predicted octanol–water partition coefficient (Wildman–Crippen LogP) is 3.93. The van der Waals surface area contributed by atoms with Gasteiger partial charge in [-0.05, 0) is 49.1 Å². The number of phenols is 1. The molecule has 0 radical (unpaired) electrons. The number of hydrogen-bond acceptors (Lipinski definition) is 5. The topological polar surface area (TPSA) is 71.2 Å². The van der Waals surface area contributed by atoms with Crippen LogP contribution in [0.5, 0.6) is 5.75 Å². The van der Waals surface area contributed by atoms with Crippen molar-refractivity contribution >= 4 is 28.4 Å². The van der Waals surface area contributed by atoms with Gasteiger partial charge < -0.3 is 14.6 Å². The minimum Gasteiger partial charge on any atom is -0.507 e. The number of fused-ring (bicyclic) bond motifs is 1. The maximum absolute atomic E-state index is 12.5. The molecule has 0 saturated carbocycles. The molecule has 1 aliphatic heterocycles. The summed E-state index contributed by atoms with van der Waals surface area (Å²) in [5.41, 5.74) is 0.655. The van der Waals surface area contributed by atoms with Crippen LogP contribution in [0.1, 0.15) is 26.2 Å². The summed E-state index contributed by atoms with van der Waals surface area (Å²) in [5, 5.41) is 21.9. The molecule has 1 fully saturated rings. The number of likely N-dealkylation sites (tertiary alicyclic amines) is 1. The van der Waals surface area contributed by atoms with Gasteiger partial charge in [-0.3, -0.25) is 4.79 Å². The lowest BCUT2D eigenvalue weighted by Gasteiger charge is -2.26. The monoisotopic (exact) mass is 396 g/mol. The van der Waals surface area contributed by atoms with Crippen LogP contribution in [0.4, 0.5) is 0 Å². The summed E-state index contributed by atoms with van der Waals surface area (Å²) in [4.78, 5) is 14.4. The highest BCUT2D eigenvalue weighted by Crippen LogP contribution is 2.34. The molecule has 0 unspecified atom stereocenters. The third-order valence-electron chi connectivity index (χ3n) is 5.17. The second-order valence-electron chi connectivity index (χ2n) is 7.00. The van der Waals surface area contributed by atoms with E-state index in [4.69, 9.17) is 0 Å². The molecule has 1 aromatic heterocycles. The van der Waals surface area contributed by atoms with Crippen LogP contribution in [0, 0.1) is 0 Å². The van der Waals surface area contributed by atoms with Crippen molar-refractivity contribution in [2.45, 2.75) is 37.9 Å². The predicted molar refractivity (Wildman–Crippen MR) is 111 cm³/mol. The highest BCUT2D eigenvalue weighted by molar-refractivity contribution is 7.99. The van der Waals surface area contributed by atoms with E-state index in [1.165, 1.54) is 18.2 Å². The molecule has 1 aliphatic rings. The lowest BCUT2D eigenvalue weighted by molar-refractivity contribution is -0.129. The highest BCUT2D eigenvalue weighted by Gasteiger charge is 2.20. The van der Waals surface area contributed by atoms with Gasteiger partial charge in [0, 0.05) is 19.6 Å². The Balaban J connectivity index is 1.57. The van der Waals surface area contributed by atoms with Crippen LogP contribution < -0.4 is 0 Å². The number of hydrogen-bond donors (Lipinski definition) is 1. The molecule has 0 bridgehead atoms. The Morgan fingerprint density at radius 1 is 1.11 bits per heavy atom. The van der Waals surface area contributed by atoms with Crippen molar-refractivity contribution < 1.29 is 9.90 Å². The van der Waals surface area contributed by atoms with Crippen molar-refractivity contribution in [3.8, 4) is 17.1 Å². The first kappa shape index (κ1) is 18.8. The number of phenolic OH excluding ortho intramolecular Hbond substituents is 1. The molecule has 1 saturated heterocycles. The van der Waals surface area contributed by atoms with E-state index < -0.39 is 0 Å². The van der Waals surface area contributed by atoms with Crippen LogP contribution in [0.15, 0.2) is 41.6 Å². The quantitative estimate of drug-likeness (QED) is 0.662. The minimum atomic E-state index is 0.158. The number of benzene rings is 2. The van der Waals surface area contributed by atoms with E-state index in [-0.39, 0.29) is 11.7 Å². The molecule has 6 nitrogen and oxygen atoms in total. The maximum Gasteiger partial charge on any atom is 0.233 e. The van der Waals surface area contributed by atoms with Crippen molar-refractivity contribution in [1.29, 1.82) is 0 Å². The number of rotatable bonds is 5. The van der Waals surface area contributed by atoms with Crippen LogP contribution in [0.3, 0.4) is 0 Å². The summed E-state index contributed by atoms with van der Waals surface area (Å²) >= 11 is 1.41.